The van der Waals surface area contributed by atoms with Crippen molar-refractivity contribution in [2.24, 2.45) is 0 Å². The van der Waals surface area contributed by atoms with E-state index in [9.17, 15) is 0 Å². The summed E-state index contributed by atoms with van der Waals surface area (Å²) in [6.07, 6.45) is 3.54. The SMILES string of the molecule is Nc1c2c(nn1C1CCCSC1)CCNC2. The average molecular weight is 238 g/mol. The van der Waals surface area contributed by atoms with Crippen LogP contribution in [0.25, 0.3) is 0 Å². The van der Waals surface area contributed by atoms with Crippen molar-refractivity contribution in [2.45, 2.75) is 31.8 Å². The zero-order valence-corrected chi connectivity index (χ0v) is 10.2. The molecule has 16 heavy (non-hydrogen) atoms. The summed E-state index contributed by atoms with van der Waals surface area (Å²) in [5.74, 6) is 3.35. The third-order valence-electron chi connectivity index (χ3n) is 3.46. The molecule has 1 atom stereocenters. The normalized spacial score (nSPS) is 25.4. The molecule has 1 fully saturated rings. The molecule has 3 N–H and O–H groups in total. The van der Waals surface area contributed by atoms with Crippen LogP contribution in [0.1, 0.15) is 30.1 Å². The van der Waals surface area contributed by atoms with Gasteiger partial charge in [0.25, 0.3) is 0 Å². The van der Waals surface area contributed by atoms with E-state index in [2.05, 4.69) is 10.00 Å². The van der Waals surface area contributed by atoms with Gasteiger partial charge in [0, 0.05) is 30.8 Å². The lowest BCUT2D eigenvalue weighted by Gasteiger charge is -2.22. The molecule has 1 aromatic heterocycles. The molecular weight excluding hydrogens is 220 g/mol. The second-order valence-electron chi connectivity index (χ2n) is 4.55. The Morgan fingerprint density at radius 2 is 2.44 bits per heavy atom. The van der Waals surface area contributed by atoms with Crippen LogP contribution >= 0.6 is 11.8 Å². The van der Waals surface area contributed by atoms with E-state index in [1.165, 1.54) is 29.9 Å². The van der Waals surface area contributed by atoms with Crippen molar-refractivity contribution in [2.75, 3.05) is 23.8 Å². The molecule has 4 nitrogen and oxygen atoms in total. The lowest BCUT2D eigenvalue weighted by molar-refractivity contribution is 0.457. The highest BCUT2D eigenvalue weighted by atomic mass is 32.2. The average Bonchev–Trinajstić information content (AvgIpc) is 2.69. The number of hydrogen-bond donors (Lipinski definition) is 2. The van der Waals surface area contributed by atoms with Crippen molar-refractivity contribution in [1.82, 2.24) is 15.1 Å². The third-order valence-corrected chi connectivity index (χ3v) is 4.65. The fraction of sp³-hybridized carbons (Fsp3) is 0.727. The van der Waals surface area contributed by atoms with Gasteiger partial charge in [-0.3, -0.25) is 0 Å². The van der Waals surface area contributed by atoms with E-state index in [1.807, 2.05) is 11.8 Å². The maximum Gasteiger partial charge on any atom is 0.126 e. The third kappa shape index (κ3) is 1.72. The molecule has 0 bridgehead atoms. The second-order valence-corrected chi connectivity index (χ2v) is 5.70. The number of fused-ring (bicyclic) bond motifs is 1. The predicted octanol–water partition coefficient (Wildman–Crippen LogP) is 1.18. The number of aromatic nitrogens is 2. The van der Waals surface area contributed by atoms with Crippen LogP contribution in [0.5, 0.6) is 0 Å². The maximum absolute atomic E-state index is 6.21. The number of nitrogens with two attached hydrogens (primary N) is 1. The highest BCUT2D eigenvalue weighted by Crippen LogP contribution is 2.31. The summed E-state index contributed by atoms with van der Waals surface area (Å²) in [6, 6.07) is 0.518. The Balaban J connectivity index is 1.91. The minimum atomic E-state index is 0.518. The summed E-state index contributed by atoms with van der Waals surface area (Å²) < 4.78 is 2.09. The van der Waals surface area contributed by atoms with Crippen molar-refractivity contribution < 1.29 is 0 Å². The number of nitrogens with one attached hydrogen (secondary N) is 1. The summed E-state index contributed by atoms with van der Waals surface area (Å²) in [5.41, 5.74) is 8.66. The topological polar surface area (TPSA) is 55.9 Å². The number of nitrogen functional groups attached to an aromatic ring is 1. The van der Waals surface area contributed by atoms with Crippen LogP contribution in [-0.2, 0) is 13.0 Å². The molecule has 0 aliphatic carbocycles. The quantitative estimate of drug-likeness (QED) is 0.771. The van der Waals surface area contributed by atoms with E-state index in [0.717, 1.165) is 31.1 Å². The molecule has 1 saturated heterocycles. The largest absolute Gasteiger partial charge is 0.384 e. The summed E-state index contributed by atoms with van der Waals surface area (Å²) in [7, 11) is 0. The number of rotatable bonds is 1. The van der Waals surface area contributed by atoms with Gasteiger partial charge in [-0.1, -0.05) is 0 Å². The Kier molecular flexibility index (Phi) is 2.81. The van der Waals surface area contributed by atoms with Gasteiger partial charge in [0.05, 0.1) is 11.7 Å². The molecule has 3 rings (SSSR count). The summed E-state index contributed by atoms with van der Waals surface area (Å²) in [5, 5.41) is 8.07. The van der Waals surface area contributed by atoms with Gasteiger partial charge in [-0.25, -0.2) is 4.68 Å². The smallest absolute Gasteiger partial charge is 0.126 e. The maximum atomic E-state index is 6.21. The highest BCUT2D eigenvalue weighted by Gasteiger charge is 2.24. The number of thioether (sulfide) groups is 1. The Hall–Kier alpha value is -0.680. The molecule has 1 aromatic rings. The van der Waals surface area contributed by atoms with E-state index in [4.69, 9.17) is 10.8 Å². The van der Waals surface area contributed by atoms with E-state index in [0.29, 0.717) is 6.04 Å². The minimum absolute atomic E-state index is 0.518. The van der Waals surface area contributed by atoms with Gasteiger partial charge >= 0.3 is 0 Å². The Morgan fingerprint density at radius 3 is 3.19 bits per heavy atom. The standard InChI is InChI=1S/C11H18N4S/c12-11-9-6-13-4-3-10(9)14-15(11)8-2-1-5-16-7-8/h8,13H,1-7,12H2. The van der Waals surface area contributed by atoms with Crippen LogP contribution in [0.3, 0.4) is 0 Å². The first-order valence-electron chi connectivity index (χ1n) is 6.00. The zero-order valence-electron chi connectivity index (χ0n) is 9.41. The lowest BCUT2D eigenvalue weighted by atomic mass is 10.1. The summed E-state index contributed by atoms with van der Waals surface area (Å²) >= 11 is 2.02. The Bertz CT molecular complexity index is 382. The van der Waals surface area contributed by atoms with Gasteiger partial charge in [-0.05, 0) is 18.6 Å². The van der Waals surface area contributed by atoms with Gasteiger partial charge in [-0.2, -0.15) is 16.9 Å². The molecule has 0 saturated carbocycles. The van der Waals surface area contributed by atoms with Gasteiger partial charge in [0.15, 0.2) is 0 Å². The molecule has 1 unspecified atom stereocenters. The molecular formula is C11H18N4S. The Labute approximate surface area is 100.0 Å². The monoisotopic (exact) mass is 238 g/mol. The van der Waals surface area contributed by atoms with Gasteiger partial charge in [0.1, 0.15) is 5.82 Å². The first-order valence-corrected chi connectivity index (χ1v) is 7.16. The molecule has 2 aliphatic rings. The van der Waals surface area contributed by atoms with Crippen LogP contribution in [0, 0.1) is 0 Å². The number of nitrogens with zero attached hydrogens (tertiary/aromatic N) is 2. The Morgan fingerprint density at radius 1 is 1.50 bits per heavy atom. The molecule has 5 heteroatoms. The number of anilines is 1. The first kappa shape index (κ1) is 10.5. The fourth-order valence-electron chi connectivity index (χ4n) is 2.54. The molecule has 88 valence electrons. The van der Waals surface area contributed by atoms with Crippen LogP contribution < -0.4 is 11.1 Å². The van der Waals surface area contributed by atoms with Crippen molar-refractivity contribution in [1.29, 1.82) is 0 Å². The van der Waals surface area contributed by atoms with E-state index >= 15 is 0 Å². The van der Waals surface area contributed by atoms with Crippen molar-refractivity contribution in [3.63, 3.8) is 0 Å². The van der Waals surface area contributed by atoms with Gasteiger partial charge in [-0.15, -0.1) is 0 Å². The summed E-state index contributed by atoms with van der Waals surface area (Å²) in [6.45, 7) is 1.92. The second kappa shape index (κ2) is 4.30. The highest BCUT2D eigenvalue weighted by molar-refractivity contribution is 7.99. The van der Waals surface area contributed by atoms with Gasteiger partial charge < -0.3 is 11.1 Å². The van der Waals surface area contributed by atoms with Crippen LogP contribution in [0.2, 0.25) is 0 Å². The molecule has 2 aliphatic heterocycles. The number of hydrogen-bond acceptors (Lipinski definition) is 4. The van der Waals surface area contributed by atoms with Crippen LogP contribution in [0.4, 0.5) is 5.82 Å². The van der Waals surface area contributed by atoms with E-state index < -0.39 is 0 Å². The molecule has 3 heterocycles. The fourth-order valence-corrected chi connectivity index (χ4v) is 3.66. The first-order chi connectivity index (χ1) is 7.86. The van der Waals surface area contributed by atoms with Crippen molar-refractivity contribution in [3.8, 4) is 0 Å². The molecule has 0 radical (unpaired) electrons. The van der Waals surface area contributed by atoms with E-state index in [-0.39, 0.29) is 0 Å². The van der Waals surface area contributed by atoms with Crippen LogP contribution in [0.15, 0.2) is 0 Å². The van der Waals surface area contributed by atoms with Crippen molar-refractivity contribution in [3.05, 3.63) is 11.3 Å². The zero-order chi connectivity index (χ0) is 11.0. The van der Waals surface area contributed by atoms with Crippen molar-refractivity contribution >= 4 is 17.6 Å². The van der Waals surface area contributed by atoms with E-state index in [1.54, 1.807) is 0 Å². The predicted molar refractivity (Wildman–Crippen MR) is 67.6 cm³/mol. The minimum Gasteiger partial charge on any atom is -0.384 e. The summed E-state index contributed by atoms with van der Waals surface area (Å²) in [4.78, 5) is 0. The lowest BCUT2D eigenvalue weighted by Crippen LogP contribution is -2.23. The molecule has 0 aromatic carbocycles. The molecule has 0 amide bonds. The molecule has 0 spiro atoms. The van der Waals surface area contributed by atoms with Gasteiger partial charge in [0.2, 0.25) is 0 Å². The van der Waals surface area contributed by atoms with Crippen LogP contribution in [-0.4, -0.2) is 27.8 Å².